The summed E-state index contributed by atoms with van der Waals surface area (Å²) >= 11 is 12.5. The zero-order valence-electron chi connectivity index (χ0n) is 24.2. The van der Waals surface area contributed by atoms with Gasteiger partial charge in [-0.1, -0.05) is 118 Å². The number of benzene rings is 3. The molecule has 41 heavy (non-hydrogen) atoms. The molecule has 0 bridgehead atoms. The van der Waals surface area contributed by atoms with Crippen molar-refractivity contribution in [1.82, 2.24) is 10.2 Å². The van der Waals surface area contributed by atoms with Crippen LogP contribution in [0.4, 0.5) is 0 Å². The van der Waals surface area contributed by atoms with Crippen LogP contribution in [0.15, 0.2) is 72.8 Å². The summed E-state index contributed by atoms with van der Waals surface area (Å²) in [5.74, 6) is 0.234. The van der Waals surface area contributed by atoms with Crippen LogP contribution in [0.2, 0.25) is 10.0 Å². The van der Waals surface area contributed by atoms with Crippen LogP contribution < -0.4 is 10.1 Å². The van der Waals surface area contributed by atoms with Gasteiger partial charge in [0.15, 0.2) is 6.61 Å². The zero-order chi connectivity index (χ0) is 29.4. The smallest absolute Gasteiger partial charge is 0.261 e. The molecular formula is C34H40Cl2N2O3. The second-order valence-corrected chi connectivity index (χ2v) is 12.7. The minimum Gasteiger partial charge on any atom is -0.483 e. The van der Waals surface area contributed by atoms with Crippen LogP contribution in [-0.4, -0.2) is 35.4 Å². The molecule has 1 atom stereocenters. The van der Waals surface area contributed by atoms with E-state index in [1.54, 1.807) is 17.0 Å². The topological polar surface area (TPSA) is 58.6 Å². The predicted molar refractivity (Wildman–Crippen MR) is 167 cm³/mol. The predicted octanol–water partition coefficient (Wildman–Crippen LogP) is 7.76. The van der Waals surface area contributed by atoms with Gasteiger partial charge >= 0.3 is 0 Å². The second-order valence-electron chi connectivity index (χ2n) is 11.9. The van der Waals surface area contributed by atoms with Crippen LogP contribution in [0.5, 0.6) is 5.75 Å². The van der Waals surface area contributed by atoms with Gasteiger partial charge in [0.2, 0.25) is 5.91 Å². The Balaban J connectivity index is 1.65. The van der Waals surface area contributed by atoms with Crippen LogP contribution in [0.25, 0.3) is 0 Å². The normalized spacial score (nSPS) is 14.8. The highest BCUT2D eigenvalue weighted by Gasteiger charge is 2.32. The van der Waals surface area contributed by atoms with Gasteiger partial charge in [-0.3, -0.25) is 9.59 Å². The van der Waals surface area contributed by atoms with Gasteiger partial charge in [0.05, 0.1) is 10.0 Å². The van der Waals surface area contributed by atoms with Gasteiger partial charge in [0, 0.05) is 19.0 Å². The summed E-state index contributed by atoms with van der Waals surface area (Å²) < 4.78 is 6.15. The molecule has 218 valence electrons. The molecule has 0 spiro atoms. The van der Waals surface area contributed by atoms with Gasteiger partial charge in [-0.05, 0) is 53.1 Å². The lowest BCUT2D eigenvalue weighted by Crippen LogP contribution is -2.53. The lowest BCUT2D eigenvalue weighted by Gasteiger charge is -2.33. The Morgan fingerprint density at radius 1 is 0.902 bits per heavy atom. The number of hydrogen-bond donors (Lipinski definition) is 1. The van der Waals surface area contributed by atoms with Crippen LogP contribution >= 0.6 is 23.2 Å². The first kappa shape index (κ1) is 30.9. The van der Waals surface area contributed by atoms with E-state index in [-0.39, 0.29) is 36.4 Å². The fraction of sp³-hybridized carbons (Fsp3) is 0.412. The molecule has 0 aliphatic heterocycles. The molecule has 5 nitrogen and oxygen atoms in total. The van der Waals surface area contributed by atoms with Crippen molar-refractivity contribution < 1.29 is 14.3 Å². The first-order chi connectivity index (χ1) is 19.6. The van der Waals surface area contributed by atoms with Crippen LogP contribution in [0.1, 0.15) is 69.6 Å². The lowest BCUT2D eigenvalue weighted by molar-refractivity contribution is -0.143. The Kier molecular flexibility index (Phi) is 10.7. The number of nitrogens with zero attached hydrogens (tertiary/aromatic N) is 1. The SMILES string of the molecule is CC(C)(C)c1ccccc1OCC(=O)N(Cc1ccc(Cl)c(Cl)c1)[C@H](Cc1ccccc1)C(=O)NC1CCCCC1. The number of nitrogens with one attached hydrogen (secondary N) is 1. The van der Waals surface area contributed by atoms with E-state index >= 15 is 0 Å². The molecule has 1 fully saturated rings. The number of carbonyl (C=O) groups is 2. The van der Waals surface area contributed by atoms with Crippen molar-refractivity contribution in [3.63, 3.8) is 0 Å². The molecule has 0 aromatic heterocycles. The summed E-state index contributed by atoms with van der Waals surface area (Å²) in [6.07, 6.45) is 5.68. The summed E-state index contributed by atoms with van der Waals surface area (Å²) in [5, 5.41) is 4.10. The van der Waals surface area contributed by atoms with Gasteiger partial charge in [-0.25, -0.2) is 0 Å². The largest absolute Gasteiger partial charge is 0.483 e. The molecule has 1 aliphatic rings. The van der Waals surface area contributed by atoms with Crippen molar-refractivity contribution in [2.75, 3.05) is 6.61 Å². The monoisotopic (exact) mass is 594 g/mol. The summed E-state index contributed by atoms with van der Waals surface area (Å²) in [7, 11) is 0. The van der Waals surface area contributed by atoms with E-state index in [0.29, 0.717) is 22.2 Å². The number of amides is 2. The van der Waals surface area contributed by atoms with Gasteiger partial charge in [0.25, 0.3) is 5.91 Å². The molecule has 1 saturated carbocycles. The van der Waals surface area contributed by atoms with E-state index in [4.69, 9.17) is 27.9 Å². The summed E-state index contributed by atoms with van der Waals surface area (Å²) in [6.45, 7) is 6.32. The third-order valence-corrected chi connectivity index (χ3v) is 8.34. The van der Waals surface area contributed by atoms with Crippen LogP contribution in [0, 0.1) is 0 Å². The molecule has 1 N–H and O–H groups in total. The van der Waals surface area contributed by atoms with Gasteiger partial charge in [0.1, 0.15) is 11.8 Å². The quantitative estimate of drug-likeness (QED) is 0.261. The molecule has 2 amide bonds. The fourth-order valence-electron chi connectivity index (χ4n) is 5.37. The zero-order valence-corrected chi connectivity index (χ0v) is 25.7. The van der Waals surface area contributed by atoms with Crippen molar-refractivity contribution in [2.24, 2.45) is 0 Å². The Bertz CT molecular complexity index is 1320. The minimum absolute atomic E-state index is 0.117. The number of carbonyl (C=O) groups excluding carboxylic acids is 2. The van der Waals surface area contributed by atoms with Crippen LogP contribution in [-0.2, 0) is 28.0 Å². The molecule has 3 aromatic carbocycles. The Morgan fingerprint density at radius 3 is 2.27 bits per heavy atom. The molecular weight excluding hydrogens is 555 g/mol. The Hall–Kier alpha value is -3.02. The van der Waals surface area contributed by atoms with Gasteiger partial charge in [-0.2, -0.15) is 0 Å². The molecule has 7 heteroatoms. The van der Waals surface area contributed by atoms with E-state index in [1.807, 2.05) is 60.7 Å². The molecule has 0 saturated heterocycles. The number of ether oxygens (including phenoxy) is 1. The Labute approximate surface area is 254 Å². The third kappa shape index (κ3) is 8.73. The van der Waals surface area contributed by atoms with E-state index in [2.05, 4.69) is 26.1 Å². The van der Waals surface area contributed by atoms with Crippen molar-refractivity contribution >= 4 is 35.0 Å². The summed E-state index contributed by atoms with van der Waals surface area (Å²) in [5.41, 5.74) is 2.61. The minimum atomic E-state index is -0.734. The van der Waals surface area contributed by atoms with Crippen LogP contribution in [0.3, 0.4) is 0 Å². The van der Waals surface area contributed by atoms with Crippen molar-refractivity contribution in [2.45, 2.75) is 83.3 Å². The average molecular weight is 596 g/mol. The number of rotatable bonds is 10. The second kappa shape index (κ2) is 14.2. The van der Waals surface area contributed by atoms with Crippen molar-refractivity contribution in [3.05, 3.63) is 99.5 Å². The highest BCUT2D eigenvalue weighted by molar-refractivity contribution is 6.42. The molecule has 1 aliphatic carbocycles. The van der Waals surface area contributed by atoms with E-state index in [0.717, 1.165) is 42.4 Å². The van der Waals surface area contributed by atoms with Crippen molar-refractivity contribution in [1.29, 1.82) is 0 Å². The molecule has 0 heterocycles. The highest BCUT2D eigenvalue weighted by Crippen LogP contribution is 2.31. The van der Waals surface area contributed by atoms with Crippen molar-refractivity contribution in [3.8, 4) is 5.75 Å². The third-order valence-electron chi connectivity index (χ3n) is 7.61. The first-order valence-electron chi connectivity index (χ1n) is 14.4. The summed E-state index contributed by atoms with van der Waals surface area (Å²) in [4.78, 5) is 29.6. The molecule has 0 radical (unpaired) electrons. The maximum atomic E-state index is 14.0. The average Bonchev–Trinajstić information content (AvgIpc) is 2.96. The number of hydrogen-bond acceptors (Lipinski definition) is 3. The number of para-hydroxylation sites is 1. The van der Waals surface area contributed by atoms with E-state index in [1.165, 1.54) is 6.42 Å². The lowest BCUT2D eigenvalue weighted by atomic mass is 9.86. The summed E-state index contributed by atoms with van der Waals surface area (Å²) in [6, 6.07) is 22.3. The van der Waals surface area contributed by atoms with E-state index in [9.17, 15) is 9.59 Å². The number of halogens is 2. The molecule has 0 unspecified atom stereocenters. The fourth-order valence-corrected chi connectivity index (χ4v) is 5.69. The maximum absolute atomic E-state index is 14.0. The Morgan fingerprint density at radius 2 is 1.59 bits per heavy atom. The highest BCUT2D eigenvalue weighted by atomic mass is 35.5. The van der Waals surface area contributed by atoms with Gasteiger partial charge < -0.3 is 15.0 Å². The standard InChI is InChI=1S/C34H40Cl2N2O3/c1-34(2,3)27-16-10-11-17-31(27)41-23-32(39)38(22-25-18-19-28(35)29(36)20-25)30(21-24-12-6-4-7-13-24)33(40)37-26-14-8-5-9-15-26/h4,6-7,10-13,16-20,26,30H,5,8-9,14-15,21-23H2,1-3H3,(H,37,40)/t30-/m1/s1. The first-order valence-corrected chi connectivity index (χ1v) is 15.2. The van der Waals surface area contributed by atoms with E-state index < -0.39 is 6.04 Å². The maximum Gasteiger partial charge on any atom is 0.261 e. The van der Waals surface area contributed by atoms with Gasteiger partial charge in [-0.15, -0.1) is 0 Å². The molecule has 4 rings (SSSR count). The molecule has 3 aromatic rings.